The molecule has 1 saturated heterocycles. The molecule has 0 bridgehead atoms. The molecule has 1 heterocycles. The first kappa shape index (κ1) is 29.5. The maximum Gasteiger partial charge on any atom is 0.244 e. The third-order valence-electron chi connectivity index (χ3n) is 7.71. The third-order valence-corrected chi connectivity index (χ3v) is 9.20. The number of piperazine rings is 1. The number of amides is 1. The van der Waals surface area contributed by atoms with Gasteiger partial charge in [-0.05, 0) is 47.7 Å². The Bertz CT molecular complexity index is 1530. The average molecular weight is 584 g/mol. The Morgan fingerprint density at radius 1 is 0.810 bits per heavy atom. The minimum atomic E-state index is -4.06. The van der Waals surface area contributed by atoms with Crippen molar-refractivity contribution in [3.63, 3.8) is 0 Å². The number of hydrogen-bond donors (Lipinski definition) is 1. The second-order valence-corrected chi connectivity index (χ2v) is 12.3. The van der Waals surface area contributed by atoms with Crippen LogP contribution in [-0.4, -0.2) is 63.5 Å². The van der Waals surface area contributed by atoms with Crippen molar-refractivity contribution in [1.29, 1.82) is 0 Å². The maximum atomic E-state index is 14.0. The van der Waals surface area contributed by atoms with Gasteiger partial charge in [-0.3, -0.25) is 9.69 Å². The van der Waals surface area contributed by atoms with Gasteiger partial charge in [-0.2, -0.15) is 4.72 Å². The van der Waals surface area contributed by atoms with Crippen molar-refractivity contribution in [3.05, 3.63) is 131 Å². The summed E-state index contributed by atoms with van der Waals surface area (Å²) in [6.45, 7) is 4.14. The second kappa shape index (κ2) is 13.3. The van der Waals surface area contributed by atoms with Crippen LogP contribution in [0.1, 0.15) is 28.3 Å². The number of nitrogens with one attached hydrogen (secondary N) is 1. The highest BCUT2D eigenvalue weighted by Gasteiger charge is 2.34. The lowest BCUT2D eigenvalue weighted by Crippen LogP contribution is -2.56. The Hall–Kier alpha value is -3.98. The van der Waals surface area contributed by atoms with Crippen LogP contribution in [-0.2, 0) is 21.2 Å². The van der Waals surface area contributed by atoms with E-state index >= 15 is 0 Å². The molecule has 1 amide bonds. The van der Waals surface area contributed by atoms with Crippen LogP contribution < -0.4 is 9.46 Å². The van der Waals surface area contributed by atoms with Gasteiger partial charge in [-0.25, -0.2) is 8.42 Å². The Morgan fingerprint density at radius 2 is 1.36 bits per heavy atom. The predicted molar refractivity (Wildman–Crippen MR) is 165 cm³/mol. The van der Waals surface area contributed by atoms with Crippen LogP contribution in [0.4, 0.5) is 0 Å². The van der Waals surface area contributed by atoms with Gasteiger partial charge in [0.15, 0.2) is 0 Å². The van der Waals surface area contributed by atoms with Gasteiger partial charge in [0.25, 0.3) is 0 Å². The van der Waals surface area contributed by atoms with Gasteiger partial charge in [0, 0.05) is 26.2 Å². The number of carbonyl (C=O) groups excluding carboxylic acids is 1. The first-order valence-electron chi connectivity index (χ1n) is 14.2. The van der Waals surface area contributed by atoms with Gasteiger partial charge in [0.1, 0.15) is 16.7 Å². The summed E-state index contributed by atoms with van der Waals surface area (Å²) in [4.78, 5) is 18.2. The van der Waals surface area contributed by atoms with Crippen LogP contribution in [0, 0.1) is 6.92 Å². The van der Waals surface area contributed by atoms with E-state index in [2.05, 4.69) is 58.2 Å². The molecule has 4 aromatic carbocycles. The van der Waals surface area contributed by atoms with Crippen LogP contribution in [0.25, 0.3) is 0 Å². The molecule has 218 valence electrons. The van der Waals surface area contributed by atoms with E-state index < -0.39 is 16.1 Å². The average Bonchev–Trinajstić information content (AvgIpc) is 3.02. The van der Waals surface area contributed by atoms with E-state index in [1.54, 1.807) is 23.1 Å². The summed E-state index contributed by atoms with van der Waals surface area (Å²) in [5, 5.41) is 0. The monoisotopic (exact) mass is 583 g/mol. The number of sulfonamides is 1. The first-order valence-corrected chi connectivity index (χ1v) is 15.7. The fourth-order valence-corrected chi connectivity index (χ4v) is 7.02. The zero-order valence-corrected chi connectivity index (χ0v) is 24.8. The molecule has 42 heavy (non-hydrogen) atoms. The smallest absolute Gasteiger partial charge is 0.244 e. The lowest BCUT2D eigenvalue weighted by molar-refractivity contribution is -0.135. The van der Waals surface area contributed by atoms with Crippen LogP contribution in [0.15, 0.2) is 114 Å². The SMILES string of the molecule is COc1ccc(C)cc1S(=O)(=O)N[C@H](Cc1ccccc1)C(=O)N1CCN(C(c2ccccc2)c2ccccc2)CC1. The number of rotatable bonds is 10. The maximum absolute atomic E-state index is 14.0. The standard InChI is InChI=1S/C34H37N3O4S/c1-26-18-19-31(41-2)32(24-26)42(39,40)35-30(25-27-12-6-3-7-13-27)34(38)37-22-20-36(21-23-37)33(28-14-8-4-9-15-28)29-16-10-5-11-17-29/h3-19,24,30,33,35H,20-23,25H2,1-2H3/t30-/m1/s1. The number of ether oxygens (including phenoxy) is 1. The molecule has 0 spiro atoms. The predicted octanol–water partition coefficient (Wildman–Crippen LogP) is 4.83. The van der Waals surface area contributed by atoms with E-state index in [4.69, 9.17) is 4.74 Å². The van der Waals surface area contributed by atoms with E-state index in [9.17, 15) is 13.2 Å². The molecule has 0 aromatic heterocycles. The summed E-state index contributed by atoms with van der Waals surface area (Å²) < 4.78 is 35.4. The molecule has 7 nitrogen and oxygen atoms in total. The zero-order chi connectivity index (χ0) is 29.5. The molecule has 0 unspecified atom stereocenters. The highest BCUT2D eigenvalue weighted by molar-refractivity contribution is 7.89. The quantitative estimate of drug-likeness (QED) is 0.290. The van der Waals surface area contributed by atoms with Gasteiger partial charge in [0.2, 0.25) is 15.9 Å². The number of methoxy groups -OCH3 is 1. The van der Waals surface area contributed by atoms with E-state index in [1.165, 1.54) is 18.2 Å². The topological polar surface area (TPSA) is 78.9 Å². The molecule has 0 saturated carbocycles. The number of benzene rings is 4. The van der Waals surface area contributed by atoms with Crippen molar-refractivity contribution in [1.82, 2.24) is 14.5 Å². The molecular formula is C34H37N3O4S. The largest absolute Gasteiger partial charge is 0.495 e. The Morgan fingerprint density at radius 3 is 1.90 bits per heavy atom. The molecule has 1 N–H and O–H groups in total. The molecule has 0 radical (unpaired) electrons. The van der Waals surface area contributed by atoms with E-state index in [1.807, 2.05) is 49.4 Å². The molecule has 1 aliphatic heterocycles. The van der Waals surface area contributed by atoms with E-state index in [0.29, 0.717) is 26.2 Å². The van der Waals surface area contributed by atoms with Gasteiger partial charge >= 0.3 is 0 Å². The fraction of sp³-hybridized carbons (Fsp3) is 0.265. The molecule has 5 rings (SSSR count). The van der Waals surface area contributed by atoms with Crippen molar-refractivity contribution in [2.45, 2.75) is 30.3 Å². The van der Waals surface area contributed by atoms with Crippen molar-refractivity contribution in [3.8, 4) is 5.75 Å². The Kier molecular flexibility index (Phi) is 9.37. The van der Waals surface area contributed by atoms with Gasteiger partial charge in [-0.15, -0.1) is 0 Å². The van der Waals surface area contributed by atoms with Crippen molar-refractivity contribution in [2.75, 3.05) is 33.3 Å². The Balaban J connectivity index is 1.37. The van der Waals surface area contributed by atoms with Crippen LogP contribution in [0.2, 0.25) is 0 Å². The Labute approximate surface area is 248 Å². The molecule has 8 heteroatoms. The number of nitrogens with zero attached hydrogens (tertiary/aromatic N) is 2. The molecule has 1 atom stereocenters. The second-order valence-electron chi connectivity index (χ2n) is 10.6. The highest BCUT2D eigenvalue weighted by Crippen LogP contribution is 2.30. The summed E-state index contributed by atoms with van der Waals surface area (Å²) in [6.07, 6.45) is 0.240. The molecular weight excluding hydrogens is 546 g/mol. The molecule has 1 aliphatic rings. The summed E-state index contributed by atoms with van der Waals surface area (Å²) >= 11 is 0. The zero-order valence-electron chi connectivity index (χ0n) is 24.0. The van der Waals surface area contributed by atoms with Crippen LogP contribution in [0.3, 0.4) is 0 Å². The summed E-state index contributed by atoms with van der Waals surface area (Å²) in [5.74, 6) is 0.00478. The number of hydrogen-bond acceptors (Lipinski definition) is 5. The van der Waals surface area contributed by atoms with Gasteiger partial charge < -0.3 is 9.64 Å². The summed E-state index contributed by atoms with van der Waals surface area (Å²) in [5.41, 5.74) is 4.06. The van der Waals surface area contributed by atoms with Crippen LogP contribution >= 0.6 is 0 Å². The summed E-state index contributed by atoms with van der Waals surface area (Å²) in [6, 6.07) is 34.4. The highest BCUT2D eigenvalue weighted by atomic mass is 32.2. The first-order chi connectivity index (χ1) is 20.4. The van der Waals surface area contributed by atoms with E-state index in [0.717, 1.165) is 11.1 Å². The third kappa shape index (κ3) is 6.90. The normalized spacial score (nSPS) is 15.0. The molecule has 0 aliphatic carbocycles. The van der Waals surface area contributed by atoms with Crippen molar-refractivity contribution < 1.29 is 17.9 Å². The van der Waals surface area contributed by atoms with Crippen molar-refractivity contribution in [2.24, 2.45) is 0 Å². The molecule has 1 fully saturated rings. The van der Waals surface area contributed by atoms with E-state index in [-0.39, 0.29) is 29.0 Å². The van der Waals surface area contributed by atoms with Gasteiger partial charge in [-0.1, -0.05) is 97.1 Å². The number of aryl methyl sites for hydroxylation is 1. The van der Waals surface area contributed by atoms with Gasteiger partial charge in [0.05, 0.1) is 13.2 Å². The lowest BCUT2D eigenvalue weighted by Gasteiger charge is -2.40. The summed E-state index contributed by atoms with van der Waals surface area (Å²) in [7, 11) is -2.62. The number of carbonyl (C=O) groups is 1. The molecule has 4 aromatic rings. The lowest BCUT2D eigenvalue weighted by atomic mass is 9.96. The minimum Gasteiger partial charge on any atom is -0.495 e. The van der Waals surface area contributed by atoms with Crippen molar-refractivity contribution >= 4 is 15.9 Å². The van der Waals surface area contributed by atoms with Crippen LogP contribution in [0.5, 0.6) is 5.75 Å². The fourth-order valence-electron chi connectivity index (χ4n) is 5.58. The minimum absolute atomic E-state index is 0.0224.